The highest BCUT2D eigenvalue weighted by Gasteiger charge is 2.14. The molecule has 17 heavy (non-hydrogen) atoms. The highest BCUT2D eigenvalue weighted by atomic mass is 127. The number of nitrogens with zero attached hydrogens (tertiary/aromatic N) is 1. The molecule has 1 aromatic heterocycles. The van der Waals surface area contributed by atoms with Gasteiger partial charge in [-0.3, -0.25) is 4.79 Å². The zero-order chi connectivity index (χ0) is 12.1. The molecular weight excluding hydrogens is 329 g/mol. The predicted molar refractivity (Wildman–Crippen MR) is 77.3 cm³/mol. The van der Waals surface area contributed by atoms with Gasteiger partial charge in [0.25, 0.3) is 5.56 Å². The number of halogens is 1. The van der Waals surface area contributed by atoms with E-state index in [2.05, 4.69) is 15.3 Å². The molecule has 94 valence electrons. The van der Waals surface area contributed by atoms with E-state index in [-0.39, 0.29) is 5.56 Å². The van der Waals surface area contributed by atoms with Crippen LogP contribution in [0.3, 0.4) is 0 Å². The van der Waals surface area contributed by atoms with Crippen molar-refractivity contribution in [1.29, 1.82) is 0 Å². The molecule has 0 unspecified atom stereocenters. The Balaban J connectivity index is 1.74. The molecule has 0 saturated heterocycles. The van der Waals surface area contributed by atoms with Crippen LogP contribution in [-0.2, 0) is 0 Å². The van der Waals surface area contributed by atoms with Crippen LogP contribution in [0.25, 0.3) is 0 Å². The molecule has 1 fully saturated rings. The van der Waals surface area contributed by atoms with Crippen molar-refractivity contribution in [3.63, 3.8) is 0 Å². The zero-order valence-electron chi connectivity index (χ0n) is 9.84. The lowest BCUT2D eigenvalue weighted by Crippen LogP contribution is -2.15. The number of hydrogen-bond acceptors (Lipinski definition) is 3. The molecule has 0 amide bonds. The summed E-state index contributed by atoms with van der Waals surface area (Å²) >= 11 is 2.03. The Labute approximate surface area is 115 Å². The predicted octanol–water partition coefficient (Wildman–Crippen LogP) is 2.76. The van der Waals surface area contributed by atoms with Crippen molar-refractivity contribution in [2.75, 3.05) is 11.9 Å². The Bertz CT molecular complexity index is 412. The van der Waals surface area contributed by atoms with Crippen LogP contribution in [-0.4, -0.2) is 16.5 Å². The highest BCUT2D eigenvalue weighted by molar-refractivity contribution is 14.1. The largest absolute Gasteiger partial charge is 0.369 e. The van der Waals surface area contributed by atoms with Crippen molar-refractivity contribution < 1.29 is 0 Å². The first-order chi connectivity index (χ1) is 8.27. The van der Waals surface area contributed by atoms with Gasteiger partial charge in [0.2, 0.25) is 0 Å². The van der Waals surface area contributed by atoms with Crippen LogP contribution < -0.4 is 10.9 Å². The highest BCUT2D eigenvalue weighted by Crippen LogP contribution is 2.28. The minimum Gasteiger partial charge on any atom is -0.369 e. The summed E-state index contributed by atoms with van der Waals surface area (Å²) in [6, 6.07) is 0. The lowest BCUT2D eigenvalue weighted by atomic mass is 10.0. The van der Waals surface area contributed by atoms with Crippen LogP contribution in [0.15, 0.2) is 11.1 Å². The molecule has 2 rings (SSSR count). The average Bonchev–Trinajstić information content (AvgIpc) is 2.83. The molecule has 0 spiro atoms. The van der Waals surface area contributed by atoms with E-state index in [9.17, 15) is 4.79 Å². The van der Waals surface area contributed by atoms with Gasteiger partial charge in [0.05, 0.1) is 6.33 Å². The molecule has 0 atom stereocenters. The fraction of sp³-hybridized carbons (Fsp3) is 0.667. The fourth-order valence-corrected chi connectivity index (χ4v) is 2.89. The Morgan fingerprint density at radius 2 is 2.24 bits per heavy atom. The van der Waals surface area contributed by atoms with Crippen molar-refractivity contribution >= 4 is 28.4 Å². The third kappa shape index (κ3) is 3.69. The monoisotopic (exact) mass is 347 g/mol. The van der Waals surface area contributed by atoms with Crippen LogP contribution in [0.5, 0.6) is 0 Å². The summed E-state index contributed by atoms with van der Waals surface area (Å²) in [6.07, 6.45) is 9.53. The molecule has 0 aliphatic heterocycles. The number of aromatic nitrogens is 2. The fourth-order valence-electron chi connectivity index (χ4n) is 2.40. The van der Waals surface area contributed by atoms with Crippen molar-refractivity contribution in [3.05, 3.63) is 20.3 Å². The lowest BCUT2D eigenvalue weighted by molar-refractivity contribution is 0.491. The van der Waals surface area contributed by atoms with Gasteiger partial charge >= 0.3 is 0 Å². The van der Waals surface area contributed by atoms with Crippen molar-refractivity contribution in [1.82, 2.24) is 9.97 Å². The molecule has 1 aromatic rings. The summed E-state index contributed by atoms with van der Waals surface area (Å²) in [5, 5.41) is 3.24. The first kappa shape index (κ1) is 12.9. The molecular formula is C12H18IN3O. The Morgan fingerprint density at radius 3 is 3.00 bits per heavy atom. The van der Waals surface area contributed by atoms with Crippen molar-refractivity contribution in [3.8, 4) is 0 Å². The summed E-state index contributed by atoms with van der Waals surface area (Å²) in [5.41, 5.74) is -0.0705. The zero-order valence-corrected chi connectivity index (χ0v) is 12.0. The van der Waals surface area contributed by atoms with E-state index in [1.54, 1.807) is 0 Å². The number of aromatic amines is 1. The summed E-state index contributed by atoms with van der Waals surface area (Å²) in [6.45, 7) is 0.906. The van der Waals surface area contributed by atoms with E-state index in [0.29, 0.717) is 9.39 Å². The second-order valence-corrected chi connectivity index (χ2v) is 5.69. The van der Waals surface area contributed by atoms with Gasteiger partial charge in [-0.2, -0.15) is 0 Å². The minimum absolute atomic E-state index is 0.0705. The second kappa shape index (κ2) is 6.37. The Kier molecular flexibility index (Phi) is 4.82. The van der Waals surface area contributed by atoms with Crippen molar-refractivity contribution in [2.24, 2.45) is 5.92 Å². The summed E-state index contributed by atoms with van der Waals surface area (Å²) < 4.78 is 0.644. The number of anilines is 1. The molecule has 1 heterocycles. The van der Waals surface area contributed by atoms with Crippen LogP contribution in [0.1, 0.15) is 38.5 Å². The van der Waals surface area contributed by atoms with Gasteiger partial charge in [0.15, 0.2) is 0 Å². The van der Waals surface area contributed by atoms with Gasteiger partial charge in [-0.05, 0) is 41.4 Å². The van der Waals surface area contributed by atoms with Gasteiger partial charge in [0, 0.05) is 6.54 Å². The van der Waals surface area contributed by atoms with E-state index >= 15 is 0 Å². The molecule has 1 aliphatic rings. The molecule has 4 nitrogen and oxygen atoms in total. The van der Waals surface area contributed by atoms with E-state index < -0.39 is 0 Å². The molecule has 0 aromatic carbocycles. The van der Waals surface area contributed by atoms with Crippen LogP contribution in [0, 0.1) is 9.49 Å². The second-order valence-electron chi connectivity index (χ2n) is 4.61. The maximum Gasteiger partial charge on any atom is 0.266 e. The molecule has 0 radical (unpaired) electrons. The van der Waals surface area contributed by atoms with E-state index in [1.807, 2.05) is 22.6 Å². The van der Waals surface area contributed by atoms with Crippen molar-refractivity contribution in [2.45, 2.75) is 38.5 Å². The maximum atomic E-state index is 11.3. The third-order valence-corrected chi connectivity index (χ3v) is 4.35. The number of hydrogen-bond donors (Lipinski definition) is 2. The first-order valence-electron chi connectivity index (χ1n) is 6.24. The number of rotatable bonds is 5. The molecule has 1 saturated carbocycles. The smallest absolute Gasteiger partial charge is 0.266 e. The Morgan fingerprint density at radius 1 is 1.47 bits per heavy atom. The lowest BCUT2D eigenvalue weighted by Gasteiger charge is -2.10. The summed E-state index contributed by atoms with van der Waals surface area (Å²) in [5.74, 6) is 1.64. The summed E-state index contributed by atoms with van der Waals surface area (Å²) in [7, 11) is 0. The van der Waals surface area contributed by atoms with Gasteiger partial charge in [-0.25, -0.2) is 4.98 Å². The molecule has 5 heteroatoms. The molecule has 1 aliphatic carbocycles. The average molecular weight is 347 g/mol. The normalized spacial score (nSPS) is 16.3. The van der Waals surface area contributed by atoms with Crippen LogP contribution in [0.2, 0.25) is 0 Å². The number of nitrogens with one attached hydrogen (secondary N) is 2. The standard InChI is InChI=1S/C12H18IN3O/c13-10-11(15-8-16-12(10)17)14-7-3-6-9-4-1-2-5-9/h8-9H,1-7H2,(H2,14,15,16,17). The van der Waals surface area contributed by atoms with E-state index in [1.165, 1.54) is 38.4 Å². The minimum atomic E-state index is -0.0705. The molecule has 2 N–H and O–H groups in total. The molecule has 0 bridgehead atoms. The number of H-pyrrole nitrogens is 1. The van der Waals surface area contributed by atoms with E-state index in [4.69, 9.17) is 0 Å². The SMILES string of the molecule is O=c1[nH]cnc(NCCCC2CCCC2)c1I. The van der Waals surface area contributed by atoms with E-state index in [0.717, 1.165) is 18.9 Å². The van der Waals surface area contributed by atoms with Gasteiger partial charge < -0.3 is 10.3 Å². The van der Waals surface area contributed by atoms with Crippen LogP contribution in [0.4, 0.5) is 5.82 Å². The quantitative estimate of drug-likeness (QED) is 0.636. The topological polar surface area (TPSA) is 57.8 Å². The van der Waals surface area contributed by atoms with Gasteiger partial charge in [-0.15, -0.1) is 0 Å². The van der Waals surface area contributed by atoms with Gasteiger partial charge in [-0.1, -0.05) is 25.7 Å². The first-order valence-corrected chi connectivity index (χ1v) is 7.32. The van der Waals surface area contributed by atoms with Gasteiger partial charge in [0.1, 0.15) is 9.39 Å². The van der Waals surface area contributed by atoms with Crippen LogP contribution >= 0.6 is 22.6 Å². The third-order valence-electron chi connectivity index (χ3n) is 3.35. The maximum absolute atomic E-state index is 11.3. The summed E-state index contributed by atoms with van der Waals surface area (Å²) in [4.78, 5) is 18.0. The Hall–Kier alpha value is -0.590.